The van der Waals surface area contributed by atoms with E-state index < -0.39 is 0 Å². The maximum atomic E-state index is 12.6. The van der Waals surface area contributed by atoms with E-state index in [9.17, 15) is 9.59 Å². The fourth-order valence-electron chi connectivity index (χ4n) is 3.54. The lowest BCUT2D eigenvalue weighted by Gasteiger charge is -2.23. The number of nitrogens with one attached hydrogen (secondary N) is 3. The number of benzene rings is 2. The van der Waals surface area contributed by atoms with Gasteiger partial charge in [0.1, 0.15) is 5.75 Å². The van der Waals surface area contributed by atoms with Gasteiger partial charge in [-0.1, -0.05) is 36.9 Å². The summed E-state index contributed by atoms with van der Waals surface area (Å²) in [5, 5.41) is 9.30. The smallest absolute Gasteiger partial charge is 0.253 e. The average molecular weight is 430 g/mol. The Bertz CT molecular complexity index is 882. The molecule has 0 radical (unpaired) electrons. The molecule has 0 saturated heterocycles. The van der Waals surface area contributed by atoms with Gasteiger partial charge in [-0.25, -0.2) is 0 Å². The van der Waals surface area contributed by atoms with Crippen LogP contribution in [0, 0.1) is 0 Å². The molecule has 6 nitrogen and oxygen atoms in total. The zero-order valence-corrected chi connectivity index (χ0v) is 17.9. The molecule has 2 aromatic rings. The molecule has 2 amide bonds. The van der Waals surface area contributed by atoms with E-state index in [1.807, 2.05) is 31.2 Å². The number of carbonyl (C=O) groups excluding carboxylic acids is 2. The van der Waals surface area contributed by atoms with Crippen LogP contribution in [0.1, 0.15) is 49.4 Å². The van der Waals surface area contributed by atoms with Gasteiger partial charge >= 0.3 is 0 Å². The van der Waals surface area contributed by atoms with Crippen LogP contribution >= 0.6 is 11.6 Å². The van der Waals surface area contributed by atoms with Crippen LogP contribution in [0.5, 0.6) is 5.75 Å². The van der Waals surface area contributed by atoms with Crippen molar-refractivity contribution in [1.29, 1.82) is 0 Å². The maximum Gasteiger partial charge on any atom is 0.253 e. The van der Waals surface area contributed by atoms with Crippen molar-refractivity contribution in [2.75, 3.05) is 23.8 Å². The third kappa shape index (κ3) is 6.39. The highest BCUT2D eigenvalue weighted by atomic mass is 35.5. The Morgan fingerprint density at radius 1 is 1.07 bits per heavy atom. The second kappa shape index (κ2) is 10.9. The van der Waals surface area contributed by atoms with E-state index in [1.54, 1.807) is 18.2 Å². The van der Waals surface area contributed by atoms with Crippen molar-refractivity contribution >= 4 is 34.8 Å². The molecule has 0 heterocycles. The molecule has 1 aliphatic rings. The minimum Gasteiger partial charge on any atom is -0.494 e. The number of hydrogen-bond acceptors (Lipinski definition) is 4. The number of amides is 2. The van der Waals surface area contributed by atoms with Crippen molar-refractivity contribution in [3.63, 3.8) is 0 Å². The summed E-state index contributed by atoms with van der Waals surface area (Å²) in [4.78, 5) is 25.0. The van der Waals surface area contributed by atoms with E-state index in [0.717, 1.165) is 37.1 Å². The molecule has 0 aliphatic heterocycles. The van der Waals surface area contributed by atoms with Gasteiger partial charge in [0.05, 0.1) is 23.7 Å². The molecule has 3 N–H and O–H groups in total. The van der Waals surface area contributed by atoms with Crippen molar-refractivity contribution in [3.05, 3.63) is 53.1 Å². The lowest BCUT2D eigenvalue weighted by atomic mass is 9.95. The summed E-state index contributed by atoms with van der Waals surface area (Å²) in [6, 6.07) is 12.6. The van der Waals surface area contributed by atoms with E-state index in [2.05, 4.69) is 16.0 Å². The summed E-state index contributed by atoms with van der Waals surface area (Å²) in [5.41, 5.74) is 1.69. The van der Waals surface area contributed by atoms with Crippen LogP contribution in [0.2, 0.25) is 5.02 Å². The molecule has 30 heavy (non-hydrogen) atoms. The summed E-state index contributed by atoms with van der Waals surface area (Å²) in [5.74, 6) is 0.320. The molecule has 0 bridgehead atoms. The minimum atomic E-state index is -0.224. The van der Waals surface area contributed by atoms with E-state index in [0.29, 0.717) is 22.9 Å². The largest absolute Gasteiger partial charge is 0.494 e. The highest BCUT2D eigenvalue weighted by molar-refractivity contribution is 6.34. The molecular weight excluding hydrogens is 402 g/mol. The van der Waals surface area contributed by atoms with Crippen LogP contribution in [-0.4, -0.2) is 31.0 Å². The van der Waals surface area contributed by atoms with Gasteiger partial charge in [0, 0.05) is 23.5 Å². The standard InChI is InChI=1S/C23H28ClN3O3/c1-2-30-19-10-6-9-17(13-19)25-15-22(28)26-18-11-12-21(24)20(14-18)23(29)27-16-7-4-3-5-8-16/h6,9-14,16,25H,2-5,7-8,15H2,1H3,(H,26,28)(H,27,29). The van der Waals surface area contributed by atoms with E-state index in [-0.39, 0.29) is 24.4 Å². The molecule has 1 aliphatic carbocycles. The van der Waals surface area contributed by atoms with Crippen molar-refractivity contribution in [3.8, 4) is 5.75 Å². The van der Waals surface area contributed by atoms with E-state index >= 15 is 0 Å². The van der Waals surface area contributed by atoms with Gasteiger partial charge < -0.3 is 20.7 Å². The number of carbonyl (C=O) groups is 2. The van der Waals surface area contributed by atoms with Crippen LogP contribution in [-0.2, 0) is 4.79 Å². The van der Waals surface area contributed by atoms with Gasteiger partial charge in [-0.2, -0.15) is 0 Å². The summed E-state index contributed by atoms with van der Waals surface area (Å²) in [6.07, 6.45) is 5.48. The van der Waals surface area contributed by atoms with Gasteiger partial charge in [-0.3, -0.25) is 9.59 Å². The third-order valence-electron chi connectivity index (χ3n) is 5.03. The van der Waals surface area contributed by atoms with E-state index in [4.69, 9.17) is 16.3 Å². The highest BCUT2D eigenvalue weighted by Gasteiger charge is 2.19. The van der Waals surface area contributed by atoms with Crippen LogP contribution in [0.25, 0.3) is 0 Å². The highest BCUT2D eigenvalue weighted by Crippen LogP contribution is 2.23. The summed E-state index contributed by atoms with van der Waals surface area (Å²) < 4.78 is 5.46. The lowest BCUT2D eigenvalue weighted by Crippen LogP contribution is -2.36. The molecule has 3 rings (SSSR count). The minimum absolute atomic E-state index is 0.0851. The second-order valence-electron chi connectivity index (χ2n) is 7.37. The Hall–Kier alpha value is -2.73. The first-order valence-electron chi connectivity index (χ1n) is 10.4. The molecule has 0 spiro atoms. The van der Waals surface area contributed by atoms with Crippen molar-refractivity contribution < 1.29 is 14.3 Å². The quantitative estimate of drug-likeness (QED) is 0.560. The zero-order chi connectivity index (χ0) is 21.3. The predicted octanol–water partition coefficient (Wildman–Crippen LogP) is 4.85. The van der Waals surface area contributed by atoms with Gasteiger partial charge in [-0.05, 0) is 50.1 Å². The first-order valence-corrected chi connectivity index (χ1v) is 10.8. The number of halogens is 1. The molecule has 2 aromatic carbocycles. The third-order valence-corrected chi connectivity index (χ3v) is 5.36. The molecule has 0 atom stereocenters. The first kappa shape index (κ1) is 22.0. The maximum absolute atomic E-state index is 12.6. The first-order chi connectivity index (χ1) is 14.5. The Morgan fingerprint density at radius 3 is 2.63 bits per heavy atom. The van der Waals surface area contributed by atoms with Crippen molar-refractivity contribution in [1.82, 2.24) is 5.32 Å². The number of ether oxygens (including phenoxy) is 1. The Kier molecular flexibility index (Phi) is 7.97. The fraction of sp³-hybridized carbons (Fsp3) is 0.391. The SMILES string of the molecule is CCOc1cccc(NCC(=O)Nc2ccc(Cl)c(C(=O)NC3CCCCC3)c2)c1. The van der Waals surface area contributed by atoms with Gasteiger partial charge in [0.2, 0.25) is 5.91 Å². The normalized spacial score (nSPS) is 14.1. The zero-order valence-electron chi connectivity index (χ0n) is 17.2. The van der Waals surface area contributed by atoms with E-state index in [1.165, 1.54) is 6.42 Å². The molecular formula is C23H28ClN3O3. The van der Waals surface area contributed by atoms with Crippen LogP contribution in [0.15, 0.2) is 42.5 Å². The Balaban J connectivity index is 1.56. The molecule has 7 heteroatoms. The van der Waals surface area contributed by atoms with Gasteiger partial charge in [0.25, 0.3) is 5.91 Å². The second-order valence-corrected chi connectivity index (χ2v) is 7.77. The van der Waals surface area contributed by atoms with Crippen LogP contribution in [0.3, 0.4) is 0 Å². The number of hydrogen-bond donors (Lipinski definition) is 3. The van der Waals surface area contributed by atoms with Crippen LogP contribution in [0.4, 0.5) is 11.4 Å². The fourth-order valence-corrected chi connectivity index (χ4v) is 3.74. The molecule has 0 unspecified atom stereocenters. The molecule has 0 aromatic heterocycles. The molecule has 1 fully saturated rings. The Morgan fingerprint density at radius 2 is 1.87 bits per heavy atom. The molecule has 1 saturated carbocycles. The number of rotatable bonds is 8. The van der Waals surface area contributed by atoms with Gasteiger partial charge in [0.15, 0.2) is 0 Å². The predicted molar refractivity (Wildman–Crippen MR) is 121 cm³/mol. The monoisotopic (exact) mass is 429 g/mol. The Labute approximate surface area is 182 Å². The average Bonchev–Trinajstić information content (AvgIpc) is 2.75. The summed E-state index contributed by atoms with van der Waals surface area (Å²) in [6.45, 7) is 2.59. The summed E-state index contributed by atoms with van der Waals surface area (Å²) in [7, 11) is 0. The summed E-state index contributed by atoms with van der Waals surface area (Å²) >= 11 is 6.23. The van der Waals surface area contributed by atoms with Crippen LogP contribution < -0.4 is 20.7 Å². The van der Waals surface area contributed by atoms with Crippen molar-refractivity contribution in [2.24, 2.45) is 0 Å². The molecule has 160 valence electrons. The topological polar surface area (TPSA) is 79.5 Å². The number of anilines is 2. The van der Waals surface area contributed by atoms with Crippen molar-refractivity contribution in [2.45, 2.75) is 45.1 Å². The lowest BCUT2D eigenvalue weighted by molar-refractivity contribution is -0.114. The van der Waals surface area contributed by atoms with Gasteiger partial charge in [-0.15, -0.1) is 0 Å².